The molecule has 1 saturated heterocycles. The lowest BCUT2D eigenvalue weighted by Crippen LogP contribution is -2.47. The molecule has 0 N–H and O–H groups in total. The van der Waals surface area contributed by atoms with E-state index >= 15 is 0 Å². The quantitative estimate of drug-likeness (QED) is 0.858. The van der Waals surface area contributed by atoms with Gasteiger partial charge in [0.1, 0.15) is 6.10 Å². The standard InChI is InChI=1S/C14H18ClN3O2/c15-11-7-16-14(17-8-11)20-12-5-2-6-18(9-12)13(19)10-3-1-4-10/h7-8,10,12H,1-6,9H2. The SMILES string of the molecule is O=C(C1CCC1)N1CCCC(Oc2ncc(Cl)cn2)C1. The maximum atomic E-state index is 12.2. The Balaban J connectivity index is 1.57. The summed E-state index contributed by atoms with van der Waals surface area (Å²) in [5.74, 6) is 0.544. The Morgan fingerprint density at radius 2 is 2.00 bits per heavy atom. The second-order valence-electron chi connectivity index (χ2n) is 5.48. The van der Waals surface area contributed by atoms with Crippen molar-refractivity contribution >= 4 is 17.5 Å². The summed E-state index contributed by atoms with van der Waals surface area (Å²) >= 11 is 5.74. The highest BCUT2D eigenvalue weighted by atomic mass is 35.5. The molecular formula is C14H18ClN3O2. The third-order valence-electron chi connectivity index (χ3n) is 4.01. The van der Waals surface area contributed by atoms with Crippen molar-refractivity contribution in [1.29, 1.82) is 0 Å². The van der Waals surface area contributed by atoms with Crippen LogP contribution in [0.2, 0.25) is 5.02 Å². The summed E-state index contributed by atoms with van der Waals surface area (Å²) < 4.78 is 5.75. The summed E-state index contributed by atoms with van der Waals surface area (Å²) in [6.07, 6.45) is 8.19. The van der Waals surface area contributed by atoms with Crippen molar-refractivity contribution < 1.29 is 9.53 Å². The molecule has 0 spiro atoms. The predicted molar refractivity (Wildman–Crippen MR) is 74.6 cm³/mol. The van der Waals surface area contributed by atoms with Gasteiger partial charge in [0.25, 0.3) is 0 Å². The summed E-state index contributed by atoms with van der Waals surface area (Å²) in [7, 11) is 0. The highest BCUT2D eigenvalue weighted by Crippen LogP contribution is 2.29. The molecule has 108 valence electrons. The number of nitrogens with zero attached hydrogens (tertiary/aromatic N) is 3. The maximum absolute atomic E-state index is 12.2. The van der Waals surface area contributed by atoms with Gasteiger partial charge in [0, 0.05) is 12.5 Å². The lowest BCUT2D eigenvalue weighted by atomic mass is 9.84. The molecule has 1 aliphatic carbocycles. The summed E-state index contributed by atoms with van der Waals surface area (Å²) in [6, 6.07) is 0.331. The predicted octanol–water partition coefficient (Wildman–Crippen LogP) is 2.30. The highest BCUT2D eigenvalue weighted by molar-refractivity contribution is 6.30. The molecule has 6 heteroatoms. The van der Waals surface area contributed by atoms with Crippen LogP contribution in [0.3, 0.4) is 0 Å². The van der Waals surface area contributed by atoms with Crippen LogP contribution in [-0.2, 0) is 4.79 Å². The van der Waals surface area contributed by atoms with Crippen LogP contribution in [-0.4, -0.2) is 40.0 Å². The first kappa shape index (κ1) is 13.6. The molecule has 1 atom stereocenters. The molecular weight excluding hydrogens is 278 g/mol. The van der Waals surface area contributed by atoms with Crippen molar-refractivity contribution in [3.8, 4) is 6.01 Å². The zero-order chi connectivity index (χ0) is 13.9. The number of carbonyl (C=O) groups excluding carboxylic acids is 1. The molecule has 1 aromatic heterocycles. The minimum Gasteiger partial charge on any atom is -0.458 e. The fourth-order valence-corrected chi connectivity index (χ4v) is 2.76. The summed E-state index contributed by atoms with van der Waals surface area (Å²) in [6.45, 7) is 1.48. The molecule has 1 aliphatic heterocycles. The number of halogens is 1. The van der Waals surface area contributed by atoms with Gasteiger partial charge in [-0.25, -0.2) is 9.97 Å². The molecule has 1 amide bonds. The molecule has 20 heavy (non-hydrogen) atoms. The van der Waals surface area contributed by atoms with Crippen LogP contribution >= 0.6 is 11.6 Å². The Hall–Kier alpha value is -1.36. The van der Waals surface area contributed by atoms with Crippen molar-refractivity contribution in [2.75, 3.05) is 13.1 Å². The molecule has 2 fully saturated rings. The van der Waals surface area contributed by atoms with Crippen molar-refractivity contribution in [2.45, 2.75) is 38.2 Å². The number of hydrogen-bond acceptors (Lipinski definition) is 4. The molecule has 0 aromatic carbocycles. The minimum absolute atomic E-state index is 0.0195. The number of carbonyl (C=O) groups is 1. The van der Waals surface area contributed by atoms with Gasteiger partial charge in [0.2, 0.25) is 5.91 Å². The van der Waals surface area contributed by atoms with E-state index in [0.29, 0.717) is 23.5 Å². The lowest BCUT2D eigenvalue weighted by molar-refractivity contribution is -0.140. The fraction of sp³-hybridized carbons (Fsp3) is 0.643. The summed E-state index contributed by atoms with van der Waals surface area (Å²) in [4.78, 5) is 22.3. The Morgan fingerprint density at radius 1 is 1.25 bits per heavy atom. The first-order valence-corrected chi connectivity index (χ1v) is 7.53. The van der Waals surface area contributed by atoms with Crippen molar-refractivity contribution in [2.24, 2.45) is 5.92 Å². The van der Waals surface area contributed by atoms with E-state index in [1.807, 2.05) is 4.90 Å². The molecule has 1 unspecified atom stereocenters. The van der Waals surface area contributed by atoms with Gasteiger partial charge in [-0.2, -0.15) is 0 Å². The van der Waals surface area contributed by atoms with Crippen LogP contribution < -0.4 is 4.74 Å². The van der Waals surface area contributed by atoms with E-state index in [-0.39, 0.29) is 12.0 Å². The zero-order valence-corrected chi connectivity index (χ0v) is 12.1. The number of aromatic nitrogens is 2. The van der Waals surface area contributed by atoms with Gasteiger partial charge in [-0.15, -0.1) is 0 Å². The first-order valence-electron chi connectivity index (χ1n) is 7.15. The third kappa shape index (κ3) is 3.03. The van der Waals surface area contributed by atoms with E-state index in [1.54, 1.807) is 0 Å². The van der Waals surface area contributed by atoms with Crippen LogP contribution in [0.25, 0.3) is 0 Å². The van der Waals surface area contributed by atoms with E-state index in [1.165, 1.54) is 18.8 Å². The van der Waals surface area contributed by atoms with Gasteiger partial charge in [0.15, 0.2) is 0 Å². The second kappa shape index (κ2) is 5.95. The maximum Gasteiger partial charge on any atom is 0.316 e. The minimum atomic E-state index is -0.0195. The fourth-order valence-electron chi connectivity index (χ4n) is 2.66. The van der Waals surface area contributed by atoms with Crippen LogP contribution in [0.5, 0.6) is 6.01 Å². The number of likely N-dealkylation sites (tertiary alicyclic amines) is 1. The highest BCUT2D eigenvalue weighted by Gasteiger charge is 2.32. The Morgan fingerprint density at radius 3 is 2.65 bits per heavy atom. The van der Waals surface area contributed by atoms with Gasteiger partial charge in [-0.05, 0) is 25.7 Å². The van der Waals surface area contributed by atoms with Gasteiger partial charge in [-0.3, -0.25) is 4.79 Å². The third-order valence-corrected chi connectivity index (χ3v) is 4.21. The van der Waals surface area contributed by atoms with Crippen LogP contribution in [0.15, 0.2) is 12.4 Å². The molecule has 2 heterocycles. The monoisotopic (exact) mass is 295 g/mol. The summed E-state index contributed by atoms with van der Waals surface area (Å²) in [5.41, 5.74) is 0. The second-order valence-corrected chi connectivity index (χ2v) is 5.91. The number of piperidine rings is 1. The molecule has 5 nitrogen and oxygen atoms in total. The van der Waals surface area contributed by atoms with Gasteiger partial charge >= 0.3 is 6.01 Å². The smallest absolute Gasteiger partial charge is 0.316 e. The first-order chi connectivity index (χ1) is 9.72. The van der Waals surface area contributed by atoms with Gasteiger partial charge in [0.05, 0.1) is 24.0 Å². The average molecular weight is 296 g/mol. The zero-order valence-electron chi connectivity index (χ0n) is 11.3. The lowest BCUT2D eigenvalue weighted by Gasteiger charge is -2.36. The van der Waals surface area contributed by atoms with E-state index in [9.17, 15) is 4.79 Å². The van der Waals surface area contributed by atoms with Gasteiger partial charge < -0.3 is 9.64 Å². The molecule has 1 aromatic rings. The normalized spacial score (nSPS) is 23.2. The largest absolute Gasteiger partial charge is 0.458 e. The summed E-state index contributed by atoms with van der Waals surface area (Å²) in [5, 5.41) is 0.489. The van der Waals surface area contributed by atoms with Crippen molar-refractivity contribution in [1.82, 2.24) is 14.9 Å². The number of rotatable bonds is 3. The van der Waals surface area contributed by atoms with Crippen LogP contribution in [0, 0.1) is 5.92 Å². The topological polar surface area (TPSA) is 55.3 Å². The van der Waals surface area contributed by atoms with Crippen LogP contribution in [0.1, 0.15) is 32.1 Å². The van der Waals surface area contributed by atoms with Crippen molar-refractivity contribution in [3.63, 3.8) is 0 Å². The Kier molecular flexibility index (Phi) is 4.05. The number of amides is 1. The number of hydrogen-bond donors (Lipinski definition) is 0. The van der Waals surface area contributed by atoms with Gasteiger partial charge in [-0.1, -0.05) is 18.0 Å². The molecule has 2 aliphatic rings. The average Bonchev–Trinajstić information content (AvgIpc) is 2.40. The number of ether oxygens (including phenoxy) is 1. The van der Waals surface area contributed by atoms with E-state index < -0.39 is 0 Å². The van der Waals surface area contributed by atoms with Crippen LogP contribution in [0.4, 0.5) is 0 Å². The van der Waals surface area contributed by atoms with Crippen molar-refractivity contribution in [3.05, 3.63) is 17.4 Å². The molecule has 3 rings (SSSR count). The van der Waals surface area contributed by atoms with E-state index in [4.69, 9.17) is 16.3 Å². The Labute approximate surface area is 123 Å². The molecule has 0 radical (unpaired) electrons. The van der Waals surface area contributed by atoms with E-state index in [2.05, 4.69) is 9.97 Å². The molecule has 1 saturated carbocycles. The Bertz CT molecular complexity index is 476. The van der Waals surface area contributed by atoms with E-state index in [0.717, 1.165) is 32.2 Å². The molecule has 0 bridgehead atoms.